The van der Waals surface area contributed by atoms with Gasteiger partial charge in [0.1, 0.15) is 11.5 Å². The number of anilines is 1. The molecule has 10 heteroatoms. The van der Waals surface area contributed by atoms with Gasteiger partial charge in [-0.2, -0.15) is 18.2 Å². The molecule has 0 spiro atoms. The fourth-order valence-corrected chi connectivity index (χ4v) is 2.41. The van der Waals surface area contributed by atoms with E-state index in [0.717, 1.165) is 10.6 Å². The van der Waals surface area contributed by atoms with E-state index >= 15 is 0 Å². The van der Waals surface area contributed by atoms with E-state index in [4.69, 9.17) is 11.6 Å². The van der Waals surface area contributed by atoms with E-state index < -0.39 is 17.6 Å². The zero-order valence-corrected chi connectivity index (χ0v) is 12.9. The van der Waals surface area contributed by atoms with Crippen molar-refractivity contribution in [2.75, 3.05) is 12.4 Å². The Morgan fingerprint density at radius 3 is 2.58 bits per heavy atom. The number of aromatic nitrogens is 4. The largest absolute Gasteiger partial charge is 0.433 e. The molecular formula is C14H9ClF3N5O. The molecule has 24 heavy (non-hydrogen) atoms. The van der Waals surface area contributed by atoms with Crippen LogP contribution in [0.4, 0.5) is 19.0 Å². The van der Waals surface area contributed by atoms with Gasteiger partial charge in [-0.05, 0) is 24.3 Å². The molecular weight excluding hydrogens is 347 g/mol. The number of alkyl halides is 3. The number of nitrogens with one attached hydrogen (secondary N) is 1. The second kappa shape index (κ2) is 5.75. The number of fused-ring (bicyclic) bond motifs is 1. The first-order valence-corrected chi connectivity index (χ1v) is 7.00. The molecule has 3 heterocycles. The van der Waals surface area contributed by atoms with Crippen molar-refractivity contribution in [1.82, 2.24) is 19.5 Å². The van der Waals surface area contributed by atoms with Crippen molar-refractivity contribution in [2.45, 2.75) is 6.18 Å². The van der Waals surface area contributed by atoms with Gasteiger partial charge in [0.05, 0.1) is 11.1 Å². The molecule has 0 aliphatic rings. The van der Waals surface area contributed by atoms with Crippen molar-refractivity contribution < 1.29 is 13.2 Å². The molecule has 0 aliphatic heterocycles. The Kier molecular flexibility index (Phi) is 3.88. The molecule has 0 atom stereocenters. The van der Waals surface area contributed by atoms with Crippen molar-refractivity contribution in [3.05, 3.63) is 51.8 Å². The topological polar surface area (TPSA) is 72.7 Å². The lowest BCUT2D eigenvalue weighted by molar-refractivity contribution is -0.141. The molecule has 124 valence electrons. The molecule has 3 aromatic heterocycles. The van der Waals surface area contributed by atoms with E-state index in [9.17, 15) is 18.0 Å². The first-order chi connectivity index (χ1) is 11.3. The van der Waals surface area contributed by atoms with E-state index in [1.165, 1.54) is 31.4 Å². The van der Waals surface area contributed by atoms with Gasteiger partial charge in [0.2, 0.25) is 0 Å². The molecule has 0 aromatic carbocycles. The minimum absolute atomic E-state index is 0.0564. The molecule has 3 rings (SSSR count). The smallest absolute Gasteiger partial charge is 0.372 e. The third-order valence-corrected chi connectivity index (χ3v) is 3.54. The summed E-state index contributed by atoms with van der Waals surface area (Å²) >= 11 is 5.97. The molecule has 0 saturated heterocycles. The molecule has 0 fully saturated rings. The Labute approximate surface area is 137 Å². The monoisotopic (exact) mass is 355 g/mol. The van der Waals surface area contributed by atoms with Gasteiger partial charge in [-0.1, -0.05) is 11.6 Å². The standard InChI is InChI=1S/C14H9ClF3N5O/c1-19-11-7-4-5-9(14(16,17)18)21-12(7)23(13(24)22-11)8-3-2-6-20-10(8)15/h2-6H,1H3,(H,19,22,24). The van der Waals surface area contributed by atoms with Gasteiger partial charge in [0.25, 0.3) is 0 Å². The maximum atomic E-state index is 13.0. The summed E-state index contributed by atoms with van der Waals surface area (Å²) in [5.41, 5.74) is -2.08. The minimum atomic E-state index is -4.66. The van der Waals surface area contributed by atoms with E-state index in [1.54, 1.807) is 0 Å². The molecule has 6 nitrogen and oxygen atoms in total. The molecule has 0 unspecified atom stereocenters. The van der Waals surface area contributed by atoms with Crippen LogP contribution in [0.5, 0.6) is 0 Å². The highest BCUT2D eigenvalue weighted by atomic mass is 35.5. The van der Waals surface area contributed by atoms with Crippen LogP contribution in [0.15, 0.2) is 35.3 Å². The predicted molar refractivity (Wildman–Crippen MR) is 82.5 cm³/mol. The van der Waals surface area contributed by atoms with Crippen molar-refractivity contribution in [1.29, 1.82) is 0 Å². The fourth-order valence-electron chi connectivity index (χ4n) is 2.21. The Morgan fingerprint density at radius 1 is 1.21 bits per heavy atom. The van der Waals surface area contributed by atoms with Crippen molar-refractivity contribution >= 4 is 28.5 Å². The van der Waals surface area contributed by atoms with Gasteiger partial charge < -0.3 is 5.32 Å². The average molecular weight is 356 g/mol. The SMILES string of the molecule is CNc1nc(=O)n(-c2cccnc2Cl)c2nc(C(F)(F)F)ccc12. The summed E-state index contributed by atoms with van der Waals surface area (Å²) in [5, 5.41) is 2.85. The van der Waals surface area contributed by atoms with Crippen LogP contribution < -0.4 is 11.0 Å². The van der Waals surface area contributed by atoms with Crippen LogP contribution in [-0.2, 0) is 6.18 Å². The number of halogens is 4. The summed E-state index contributed by atoms with van der Waals surface area (Å²) in [6, 6.07) is 4.96. The number of rotatable bonds is 2. The second-order valence-corrected chi connectivity index (χ2v) is 5.07. The van der Waals surface area contributed by atoms with Crippen LogP contribution in [0.2, 0.25) is 5.15 Å². The molecule has 0 bridgehead atoms. The van der Waals surface area contributed by atoms with Crippen LogP contribution in [0, 0.1) is 0 Å². The lowest BCUT2D eigenvalue weighted by atomic mass is 10.2. The van der Waals surface area contributed by atoms with Gasteiger partial charge in [-0.25, -0.2) is 19.3 Å². The summed E-state index contributed by atoms with van der Waals surface area (Å²) in [7, 11) is 1.50. The zero-order valence-electron chi connectivity index (χ0n) is 12.1. The molecule has 1 N–H and O–H groups in total. The van der Waals surface area contributed by atoms with Crippen molar-refractivity contribution in [2.24, 2.45) is 0 Å². The maximum absolute atomic E-state index is 13.0. The normalized spacial score (nSPS) is 11.7. The summed E-state index contributed by atoms with van der Waals surface area (Å²) < 4.78 is 39.9. The Hall–Kier alpha value is -2.68. The Bertz CT molecular complexity index is 986. The Balaban J connectivity index is 2.46. The minimum Gasteiger partial charge on any atom is -0.372 e. The third-order valence-electron chi connectivity index (χ3n) is 3.25. The quantitative estimate of drug-likeness (QED) is 0.716. The average Bonchev–Trinajstić information content (AvgIpc) is 2.54. The molecule has 0 aliphatic carbocycles. The number of pyridine rings is 2. The van der Waals surface area contributed by atoms with Crippen LogP contribution in [0.3, 0.4) is 0 Å². The summed E-state index contributed by atoms with van der Waals surface area (Å²) in [5.74, 6) is 0.118. The van der Waals surface area contributed by atoms with Gasteiger partial charge in [-0.3, -0.25) is 0 Å². The van der Waals surface area contributed by atoms with Crippen molar-refractivity contribution in [3.63, 3.8) is 0 Å². The van der Waals surface area contributed by atoms with Gasteiger partial charge in [-0.15, -0.1) is 0 Å². The molecule has 0 amide bonds. The fraction of sp³-hybridized carbons (Fsp3) is 0.143. The number of nitrogens with zero attached hydrogens (tertiary/aromatic N) is 4. The highest BCUT2D eigenvalue weighted by Crippen LogP contribution is 2.31. The van der Waals surface area contributed by atoms with E-state index in [0.29, 0.717) is 0 Å². The van der Waals surface area contributed by atoms with Crippen LogP contribution in [-0.4, -0.2) is 26.6 Å². The maximum Gasteiger partial charge on any atom is 0.433 e. The predicted octanol–water partition coefficient (Wildman–Crippen LogP) is 2.89. The van der Waals surface area contributed by atoms with Crippen LogP contribution >= 0.6 is 11.6 Å². The van der Waals surface area contributed by atoms with Gasteiger partial charge in [0, 0.05) is 13.2 Å². The van der Waals surface area contributed by atoms with Crippen LogP contribution in [0.1, 0.15) is 5.69 Å². The second-order valence-electron chi connectivity index (χ2n) is 4.71. The van der Waals surface area contributed by atoms with Crippen LogP contribution in [0.25, 0.3) is 16.7 Å². The molecule has 0 saturated carbocycles. The first-order valence-electron chi connectivity index (χ1n) is 6.62. The van der Waals surface area contributed by atoms with Crippen molar-refractivity contribution in [3.8, 4) is 5.69 Å². The highest BCUT2D eigenvalue weighted by molar-refractivity contribution is 6.31. The first kappa shape index (κ1) is 16.2. The lowest BCUT2D eigenvalue weighted by Crippen LogP contribution is -2.25. The number of hydrogen-bond donors (Lipinski definition) is 1. The number of hydrogen-bond acceptors (Lipinski definition) is 5. The summed E-state index contributed by atoms with van der Waals surface area (Å²) in [6.07, 6.45) is -3.26. The summed E-state index contributed by atoms with van der Waals surface area (Å²) in [4.78, 5) is 23.6. The molecule has 3 aromatic rings. The van der Waals surface area contributed by atoms with E-state index in [1.807, 2.05) is 0 Å². The van der Waals surface area contributed by atoms with E-state index in [-0.39, 0.29) is 27.7 Å². The Morgan fingerprint density at radius 2 is 1.96 bits per heavy atom. The highest BCUT2D eigenvalue weighted by Gasteiger charge is 2.33. The summed E-state index contributed by atoms with van der Waals surface area (Å²) in [6.45, 7) is 0. The molecule has 0 radical (unpaired) electrons. The van der Waals surface area contributed by atoms with Gasteiger partial charge >= 0.3 is 11.9 Å². The van der Waals surface area contributed by atoms with Gasteiger partial charge in [0.15, 0.2) is 10.8 Å². The zero-order chi connectivity index (χ0) is 17.5. The lowest BCUT2D eigenvalue weighted by Gasteiger charge is -2.14. The van der Waals surface area contributed by atoms with E-state index in [2.05, 4.69) is 20.3 Å². The third kappa shape index (κ3) is 2.67.